The molecule has 0 aromatic heterocycles. The minimum atomic E-state index is -1.16. The van der Waals surface area contributed by atoms with E-state index in [1.807, 2.05) is 50.1 Å². The van der Waals surface area contributed by atoms with E-state index >= 15 is 0 Å². The van der Waals surface area contributed by atoms with Gasteiger partial charge in [-0.1, -0.05) is 24.3 Å². The fourth-order valence-electron chi connectivity index (χ4n) is 3.94. The third-order valence-corrected chi connectivity index (χ3v) is 5.87. The molecule has 0 spiro atoms. The van der Waals surface area contributed by atoms with E-state index < -0.39 is 17.8 Å². The largest absolute Gasteiger partial charge is 0.497 e. The van der Waals surface area contributed by atoms with Gasteiger partial charge in [-0.05, 0) is 62.7 Å². The summed E-state index contributed by atoms with van der Waals surface area (Å²) in [4.78, 5) is 16.9. The van der Waals surface area contributed by atoms with Crippen LogP contribution in [0.2, 0.25) is 0 Å². The van der Waals surface area contributed by atoms with Crippen molar-refractivity contribution in [3.05, 3.63) is 65.5 Å². The number of carbonyl (C=O) groups is 1. The molecule has 1 saturated heterocycles. The summed E-state index contributed by atoms with van der Waals surface area (Å²) >= 11 is 0. The molecule has 3 rings (SSSR count). The number of alkyl halides is 1. The average Bonchev–Trinajstić information content (AvgIpc) is 2.73. The third-order valence-electron chi connectivity index (χ3n) is 5.87. The number of halogens is 2. The Bertz CT molecular complexity index is 871. The maximum atomic E-state index is 15.0. The summed E-state index contributed by atoms with van der Waals surface area (Å²) < 4.78 is 33.5. The molecule has 31 heavy (non-hydrogen) atoms. The van der Waals surface area contributed by atoms with Gasteiger partial charge in [-0.25, -0.2) is 13.6 Å². The molecule has 2 aromatic rings. The Morgan fingerprint density at radius 3 is 2.42 bits per heavy atom. The lowest BCUT2D eigenvalue weighted by molar-refractivity contribution is 0.0549. The molecule has 0 radical (unpaired) electrons. The number of methoxy groups -OCH3 is 1. The zero-order valence-electron chi connectivity index (χ0n) is 18.6. The van der Waals surface area contributed by atoms with Crippen molar-refractivity contribution in [1.82, 2.24) is 15.1 Å². The summed E-state index contributed by atoms with van der Waals surface area (Å²) in [5.74, 6) is 0.387. The number of nitrogens with one attached hydrogen (secondary N) is 1. The van der Waals surface area contributed by atoms with Crippen molar-refractivity contribution in [2.24, 2.45) is 0 Å². The van der Waals surface area contributed by atoms with Crippen molar-refractivity contribution in [3.63, 3.8) is 0 Å². The van der Waals surface area contributed by atoms with Gasteiger partial charge < -0.3 is 19.9 Å². The van der Waals surface area contributed by atoms with E-state index in [4.69, 9.17) is 4.74 Å². The molecule has 5 nitrogen and oxygen atoms in total. The number of urea groups is 1. The minimum absolute atomic E-state index is 0.208. The van der Waals surface area contributed by atoms with E-state index in [1.54, 1.807) is 24.1 Å². The maximum Gasteiger partial charge on any atom is 0.318 e. The average molecular weight is 432 g/mol. The lowest BCUT2D eigenvalue weighted by atomic mass is 9.94. The number of benzene rings is 2. The Hall–Kier alpha value is -2.67. The lowest BCUT2D eigenvalue weighted by Crippen LogP contribution is -2.57. The molecular weight excluding hydrogens is 400 g/mol. The van der Waals surface area contributed by atoms with Crippen LogP contribution in [0, 0.1) is 5.82 Å². The van der Waals surface area contributed by atoms with E-state index in [-0.39, 0.29) is 24.9 Å². The van der Waals surface area contributed by atoms with Crippen molar-refractivity contribution in [3.8, 4) is 5.75 Å². The number of hydrogen-bond acceptors (Lipinski definition) is 3. The van der Waals surface area contributed by atoms with Gasteiger partial charge in [0.25, 0.3) is 0 Å². The normalized spacial score (nSPS) is 19.7. The molecule has 1 aliphatic rings. The standard InChI is InChI=1S/C24H31F2N3O2/c1-24(2,18-7-11-20(31-4)12-8-18)27-23(30)29(15-17-5-9-19(25)10-6-17)22-13-14-28(3)16-21(22)26/h5-12,21-22H,13-16H2,1-4H3,(H,27,30)/t21-,22+/m1/s1. The Balaban J connectivity index is 1.82. The van der Waals surface area contributed by atoms with E-state index in [1.165, 1.54) is 12.1 Å². The van der Waals surface area contributed by atoms with Gasteiger partial charge in [0.1, 0.15) is 17.7 Å². The van der Waals surface area contributed by atoms with Crippen molar-refractivity contribution < 1.29 is 18.3 Å². The maximum absolute atomic E-state index is 15.0. The summed E-state index contributed by atoms with van der Waals surface area (Å²) in [6.07, 6.45) is -0.621. The zero-order chi connectivity index (χ0) is 22.6. The molecule has 1 aliphatic heterocycles. The molecule has 2 amide bonds. The Morgan fingerprint density at radius 1 is 1.19 bits per heavy atom. The molecule has 0 unspecified atom stereocenters. The van der Waals surface area contributed by atoms with Crippen molar-refractivity contribution in [1.29, 1.82) is 0 Å². The van der Waals surface area contributed by atoms with Crippen LogP contribution in [-0.2, 0) is 12.1 Å². The van der Waals surface area contributed by atoms with Gasteiger partial charge in [0.15, 0.2) is 0 Å². The molecule has 168 valence electrons. The Morgan fingerprint density at radius 2 is 1.84 bits per heavy atom. The van der Waals surface area contributed by atoms with E-state index in [0.29, 0.717) is 13.0 Å². The number of nitrogens with zero attached hydrogens (tertiary/aromatic N) is 2. The number of piperidine rings is 1. The van der Waals surface area contributed by atoms with Crippen LogP contribution in [0.5, 0.6) is 5.75 Å². The van der Waals surface area contributed by atoms with Crippen LogP contribution in [0.1, 0.15) is 31.4 Å². The van der Waals surface area contributed by atoms with Crippen LogP contribution >= 0.6 is 0 Å². The van der Waals surface area contributed by atoms with Crippen LogP contribution in [0.15, 0.2) is 48.5 Å². The molecule has 0 bridgehead atoms. The molecule has 2 aromatic carbocycles. The highest BCUT2D eigenvalue weighted by Crippen LogP contribution is 2.26. The van der Waals surface area contributed by atoms with E-state index in [9.17, 15) is 13.6 Å². The highest BCUT2D eigenvalue weighted by Gasteiger charge is 2.36. The van der Waals surface area contributed by atoms with Gasteiger partial charge in [0.05, 0.1) is 18.7 Å². The first kappa shape index (κ1) is 23.0. The highest BCUT2D eigenvalue weighted by atomic mass is 19.1. The van der Waals surface area contributed by atoms with Gasteiger partial charge in [-0.2, -0.15) is 0 Å². The number of carbonyl (C=O) groups excluding carboxylic acids is 1. The molecule has 1 heterocycles. The fourth-order valence-corrected chi connectivity index (χ4v) is 3.94. The number of ether oxygens (including phenoxy) is 1. The van der Waals surface area contributed by atoms with Crippen LogP contribution in [-0.4, -0.2) is 55.3 Å². The fraction of sp³-hybridized carbons (Fsp3) is 0.458. The molecule has 7 heteroatoms. The molecule has 1 N–H and O–H groups in total. The van der Waals surface area contributed by atoms with Crippen molar-refractivity contribution >= 4 is 6.03 Å². The zero-order valence-corrected chi connectivity index (χ0v) is 18.6. The van der Waals surface area contributed by atoms with E-state index in [2.05, 4.69) is 5.32 Å². The quantitative estimate of drug-likeness (QED) is 0.741. The summed E-state index contributed by atoms with van der Waals surface area (Å²) in [6, 6.07) is 12.6. The van der Waals surface area contributed by atoms with Crippen LogP contribution in [0.25, 0.3) is 0 Å². The lowest BCUT2D eigenvalue weighted by Gasteiger charge is -2.41. The van der Waals surface area contributed by atoms with Crippen molar-refractivity contribution in [2.45, 2.75) is 44.6 Å². The molecule has 2 atom stereocenters. The summed E-state index contributed by atoms with van der Waals surface area (Å²) in [5, 5.41) is 3.06. The van der Waals surface area contributed by atoms with Gasteiger partial charge >= 0.3 is 6.03 Å². The number of rotatable bonds is 6. The second-order valence-electron chi connectivity index (χ2n) is 8.67. The first-order valence-corrected chi connectivity index (χ1v) is 10.5. The first-order chi connectivity index (χ1) is 14.7. The SMILES string of the molecule is COc1ccc(C(C)(C)NC(=O)N(Cc2ccc(F)cc2)[C@H]2CCN(C)C[C@H]2F)cc1. The monoisotopic (exact) mass is 431 g/mol. The molecule has 0 aliphatic carbocycles. The second kappa shape index (κ2) is 9.64. The summed E-state index contributed by atoms with van der Waals surface area (Å²) in [5.41, 5.74) is 0.982. The van der Waals surface area contributed by atoms with Crippen LogP contribution in [0.3, 0.4) is 0 Å². The Labute approximate surface area is 183 Å². The van der Waals surface area contributed by atoms with Gasteiger partial charge in [0.2, 0.25) is 0 Å². The number of likely N-dealkylation sites (tertiary alicyclic amines) is 1. The van der Waals surface area contributed by atoms with Gasteiger partial charge in [-0.15, -0.1) is 0 Å². The highest BCUT2D eigenvalue weighted by molar-refractivity contribution is 5.76. The summed E-state index contributed by atoms with van der Waals surface area (Å²) in [6.45, 7) is 5.01. The predicted octanol–water partition coefficient (Wildman–Crippen LogP) is 4.32. The molecular formula is C24H31F2N3O2. The predicted molar refractivity (Wildman–Crippen MR) is 117 cm³/mol. The minimum Gasteiger partial charge on any atom is -0.497 e. The van der Waals surface area contributed by atoms with Gasteiger partial charge in [-0.3, -0.25) is 0 Å². The smallest absolute Gasteiger partial charge is 0.318 e. The number of hydrogen-bond donors (Lipinski definition) is 1. The summed E-state index contributed by atoms with van der Waals surface area (Å²) in [7, 11) is 3.48. The Kier molecular flexibility index (Phi) is 7.15. The van der Waals surface area contributed by atoms with Gasteiger partial charge in [0, 0.05) is 19.6 Å². The third kappa shape index (κ3) is 5.73. The van der Waals surface area contributed by atoms with E-state index in [0.717, 1.165) is 16.9 Å². The molecule has 0 saturated carbocycles. The molecule has 1 fully saturated rings. The second-order valence-corrected chi connectivity index (χ2v) is 8.67. The van der Waals surface area contributed by atoms with Crippen LogP contribution < -0.4 is 10.1 Å². The van der Waals surface area contributed by atoms with Crippen molar-refractivity contribution in [2.75, 3.05) is 27.2 Å². The first-order valence-electron chi connectivity index (χ1n) is 10.5. The number of amides is 2. The topological polar surface area (TPSA) is 44.8 Å². The van der Waals surface area contributed by atoms with Crippen LogP contribution in [0.4, 0.5) is 13.6 Å².